The normalized spacial score (nSPS) is 25.6. The summed E-state index contributed by atoms with van der Waals surface area (Å²) in [5, 5.41) is 10.0. The van der Waals surface area contributed by atoms with Gasteiger partial charge in [-0.15, -0.1) is 0 Å². The third-order valence-electron chi connectivity index (χ3n) is 1.32. The smallest absolute Gasteiger partial charge is 0.0772 e. The molecular weight excluding hydrogens is 146 g/mol. The topological polar surface area (TPSA) is 40.9 Å². The van der Waals surface area contributed by atoms with Crippen LogP contribution in [0, 0.1) is 17.2 Å². The molecule has 0 bridgehead atoms. The number of nitrogens with zero attached hydrogens (tertiary/aromatic N) is 1. The van der Waals surface area contributed by atoms with Crippen LogP contribution >= 0.6 is 0 Å². The van der Waals surface area contributed by atoms with E-state index >= 15 is 0 Å². The van der Waals surface area contributed by atoms with Gasteiger partial charge in [-0.25, -0.2) is 4.21 Å². The third kappa shape index (κ3) is 1.17. The van der Waals surface area contributed by atoms with Crippen molar-refractivity contribution in [2.45, 2.75) is 6.92 Å². The Morgan fingerprint density at radius 2 is 2.50 bits per heavy atom. The van der Waals surface area contributed by atoms with Gasteiger partial charge in [0.15, 0.2) is 0 Å². The summed E-state index contributed by atoms with van der Waals surface area (Å²) in [7, 11) is -1.03. The Kier molecular flexibility index (Phi) is 2.03. The summed E-state index contributed by atoms with van der Waals surface area (Å²) in [5.74, 6) is -0.226. The fraction of sp³-hybridized carbons (Fsp3) is 0.286. The number of hydrogen-bond donors (Lipinski definition) is 0. The molecule has 0 saturated carbocycles. The molecule has 0 fully saturated rings. The van der Waals surface area contributed by atoms with E-state index in [-0.39, 0.29) is 5.92 Å². The van der Waals surface area contributed by atoms with Crippen molar-refractivity contribution < 1.29 is 4.21 Å². The number of nitriles is 1. The maximum Gasteiger partial charge on any atom is 0.0772 e. The van der Waals surface area contributed by atoms with Crippen LogP contribution in [0.15, 0.2) is 22.5 Å². The zero-order valence-electron chi connectivity index (χ0n) is 5.57. The Morgan fingerprint density at radius 1 is 1.80 bits per heavy atom. The van der Waals surface area contributed by atoms with Gasteiger partial charge in [-0.2, -0.15) is 5.26 Å². The summed E-state index contributed by atoms with van der Waals surface area (Å²) in [6, 6.07) is 2.04. The number of hydrogen-bond acceptors (Lipinski definition) is 2. The highest BCUT2D eigenvalue weighted by Crippen LogP contribution is 2.19. The van der Waals surface area contributed by atoms with Crippen LogP contribution in [0.4, 0.5) is 0 Å². The largest absolute Gasteiger partial charge is 0.250 e. The summed E-state index contributed by atoms with van der Waals surface area (Å²) < 4.78 is 11.0. The molecule has 1 aliphatic heterocycles. The van der Waals surface area contributed by atoms with Crippen molar-refractivity contribution in [2.24, 2.45) is 5.92 Å². The number of allylic oxidation sites excluding steroid dienone is 3. The maximum atomic E-state index is 11.0. The van der Waals surface area contributed by atoms with Crippen LogP contribution in [0.25, 0.3) is 0 Å². The van der Waals surface area contributed by atoms with Gasteiger partial charge < -0.3 is 0 Å². The highest BCUT2D eigenvalue weighted by Gasteiger charge is 2.14. The van der Waals surface area contributed by atoms with E-state index in [1.807, 2.05) is 6.07 Å². The van der Waals surface area contributed by atoms with E-state index in [2.05, 4.69) is 0 Å². The van der Waals surface area contributed by atoms with E-state index < -0.39 is 10.8 Å². The standard InChI is InChI=1S/C7H7NOS/c1-6(5-8)7-3-2-4-10(7)9/h2-4,6H,1H3. The molecule has 0 N–H and O–H groups in total. The summed E-state index contributed by atoms with van der Waals surface area (Å²) in [6.07, 6.45) is 3.46. The van der Waals surface area contributed by atoms with Gasteiger partial charge >= 0.3 is 0 Å². The zero-order chi connectivity index (χ0) is 7.56. The molecule has 2 unspecified atom stereocenters. The molecule has 1 aliphatic rings. The summed E-state index contributed by atoms with van der Waals surface area (Å²) >= 11 is 0. The van der Waals surface area contributed by atoms with Gasteiger partial charge in [-0.1, -0.05) is 6.08 Å². The lowest BCUT2D eigenvalue weighted by Gasteiger charge is -1.99. The van der Waals surface area contributed by atoms with Crippen LogP contribution in [-0.4, -0.2) is 4.21 Å². The first-order valence-electron chi connectivity index (χ1n) is 2.94. The Hall–Kier alpha value is -0.880. The molecule has 2 nitrogen and oxygen atoms in total. The van der Waals surface area contributed by atoms with Crippen molar-refractivity contribution in [3.63, 3.8) is 0 Å². The minimum atomic E-state index is -1.03. The molecule has 0 spiro atoms. The predicted molar refractivity (Wildman–Crippen MR) is 40.1 cm³/mol. The lowest BCUT2D eigenvalue weighted by Crippen LogP contribution is -1.97. The average Bonchev–Trinajstić information content (AvgIpc) is 2.34. The molecule has 1 rings (SSSR count). The Morgan fingerprint density at radius 3 is 2.90 bits per heavy atom. The molecule has 0 saturated heterocycles. The second-order valence-electron chi connectivity index (χ2n) is 2.05. The molecule has 0 aliphatic carbocycles. The van der Waals surface area contributed by atoms with Crippen molar-refractivity contribution in [3.05, 3.63) is 22.5 Å². The average molecular weight is 153 g/mol. The minimum absolute atomic E-state index is 0.226. The molecule has 1 heterocycles. The maximum absolute atomic E-state index is 11.0. The van der Waals surface area contributed by atoms with Gasteiger partial charge in [0, 0.05) is 10.3 Å². The van der Waals surface area contributed by atoms with Crippen LogP contribution < -0.4 is 0 Å². The van der Waals surface area contributed by atoms with E-state index in [1.54, 1.807) is 24.5 Å². The van der Waals surface area contributed by atoms with Gasteiger partial charge in [0.05, 0.1) is 22.8 Å². The van der Waals surface area contributed by atoms with Gasteiger partial charge in [-0.3, -0.25) is 0 Å². The highest BCUT2D eigenvalue weighted by molar-refractivity contribution is 7.92. The van der Waals surface area contributed by atoms with Crippen molar-refractivity contribution in [3.8, 4) is 6.07 Å². The monoisotopic (exact) mass is 153 g/mol. The molecule has 52 valence electrons. The predicted octanol–water partition coefficient (Wildman–Crippen LogP) is 1.31. The zero-order valence-corrected chi connectivity index (χ0v) is 6.39. The molecular formula is C7H7NOS. The highest BCUT2D eigenvalue weighted by atomic mass is 32.2. The Balaban J connectivity index is 2.80. The molecule has 10 heavy (non-hydrogen) atoms. The molecule has 0 radical (unpaired) electrons. The van der Waals surface area contributed by atoms with Crippen LogP contribution in [0.1, 0.15) is 6.92 Å². The van der Waals surface area contributed by atoms with E-state index in [1.165, 1.54) is 0 Å². The van der Waals surface area contributed by atoms with Crippen molar-refractivity contribution in [1.82, 2.24) is 0 Å². The van der Waals surface area contributed by atoms with E-state index in [0.29, 0.717) is 4.91 Å². The molecule has 3 heteroatoms. The second kappa shape index (κ2) is 2.80. The number of rotatable bonds is 1. The fourth-order valence-corrected chi connectivity index (χ4v) is 1.73. The lowest BCUT2D eigenvalue weighted by molar-refractivity contribution is 0.689. The molecule has 0 aromatic carbocycles. The van der Waals surface area contributed by atoms with Gasteiger partial charge in [0.1, 0.15) is 0 Å². The quantitative estimate of drug-likeness (QED) is 0.569. The summed E-state index contributed by atoms with van der Waals surface area (Å²) in [6.45, 7) is 1.75. The van der Waals surface area contributed by atoms with Crippen LogP contribution in [0.5, 0.6) is 0 Å². The Bertz CT molecular complexity index is 259. The first kappa shape index (κ1) is 7.23. The summed E-state index contributed by atoms with van der Waals surface area (Å²) in [5.41, 5.74) is 0. The minimum Gasteiger partial charge on any atom is -0.250 e. The molecule has 2 atom stereocenters. The molecule has 0 aromatic rings. The van der Waals surface area contributed by atoms with E-state index in [0.717, 1.165) is 0 Å². The molecule has 0 aromatic heterocycles. The van der Waals surface area contributed by atoms with Gasteiger partial charge in [0.2, 0.25) is 0 Å². The molecule has 0 amide bonds. The van der Waals surface area contributed by atoms with Gasteiger partial charge in [0.25, 0.3) is 0 Å². The van der Waals surface area contributed by atoms with Crippen LogP contribution in [0.3, 0.4) is 0 Å². The first-order valence-corrected chi connectivity index (χ1v) is 4.15. The lowest BCUT2D eigenvalue weighted by atomic mass is 10.2. The van der Waals surface area contributed by atoms with Crippen molar-refractivity contribution in [1.29, 1.82) is 5.26 Å². The van der Waals surface area contributed by atoms with E-state index in [9.17, 15) is 4.21 Å². The SMILES string of the molecule is CC(C#N)C1=CC=CS1=O. The van der Waals surface area contributed by atoms with E-state index in [4.69, 9.17) is 5.26 Å². The fourth-order valence-electron chi connectivity index (χ4n) is 0.733. The van der Waals surface area contributed by atoms with Gasteiger partial charge in [-0.05, 0) is 13.0 Å². The first-order chi connectivity index (χ1) is 4.75. The third-order valence-corrected chi connectivity index (χ3v) is 2.67. The van der Waals surface area contributed by atoms with Crippen molar-refractivity contribution in [2.75, 3.05) is 0 Å². The second-order valence-corrected chi connectivity index (χ2v) is 3.38. The van der Waals surface area contributed by atoms with Crippen LogP contribution in [-0.2, 0) is 10.8 Å². The van der Waals surface area contributed by atoms with Crippen LogP contribution in [0.2, 0.25) is 0 Å². The van der Waals surface area contributed by atoms with Crippen molar-refractivity contribution >= 4 is 10.8 Å². The Labute approximate surface area is 62.3 Å². The summed E-state index contributed by atoms with van der Waals surface area (Å²) in [4.78, 5) is 0.711.